The lowest BCUT2D eigenvalue weighted by atomic mass is 9.82. The predicted molar refractivity (Wildman–Crippen MR) is 56.7 cm³/mol. The summed E-state index contributed by atoms with van der Waals surface area (Å²) in [7, 11) is 1.73. The van der Waals surface area contributed by atoms with Crippen LogP contribution in [0.5, 0.6) is 5.75 Å². The van der Waals surface area contributed by atoms with E-state index in [9.17, 15) is 0 Å². The van der Waals surface area contributed by atoms with E-state index in [0.29, 0.717) is 5.92 Å². The smallest absolute Gasteiger partial charge is 0.119 e. The van der Waals surface area contributed by atoms with Crippen molar-refractivity contribution in [2.45, 2.75) is 18.8 Å². The molecule has 0 aliphatic heterocycles. The van der Waals surface area contributed by atoms with Crippen molar-refractivity contribution >= 4 is 0 Å². The molecule has 72 valence electrons. The Hall–Kier alpha value is -1.24. The van der Waals surface area contributed by atoms with E-state index in [1.807, 2.05) is 0 Å². The molecule has 0 N–H and O–H groups in total. The van der Waals surface area contributed by atoms with E-state index >= 15 is 0 Å². The van der Waals surface area contributed by atoms with Crippen LogP contribution < -0.4 is 4.74 Å². The zero-order valence-corrected chi connectivity index (χ0v) is 8.36. The molecule has 2 aliphatic rings. The summed E-state index contributed by atoms with van der Waals surface area (Å²) in [6.07, 6.45) is 7.25. The van der Waals surface area contributed by atoms with Crippen LogP contribution in [0.3, 0.4) is 0 Å². The molecule has 0 amide bonds. The minimum atomic E-state index is 0.652. The number of ether oxygens (including phenoxy) is 1. The highest BCUT2D eigenvalue weighted by atomic mass is 16.5. The fourth-order valence-corrected chi connectivity index (χ4v) is 2.67. The molecule has 1 aromatic rings. The van der Waals surface area contributed by atoms with E-state index in [-0.39, 0.29) is 0 Å². The molecule has 3 rings (SSSR count). The van der Waals surface area contributed by atoms with E-state index in [1.54, 1.807) is 7.11 Å². The highest BCUT2D eigenvalue weighted by Gasteiger charge is 2.28. The van der Waals surface area contributed by atoms with Gasteiger partial charge in [0.25, 0.3) is 0 Å². The van der Waals surface area contributed by atoms with Gasteiger partial charge in [0.2, 0.25) is 0 Å². The Kier molecular flexibility index (Phi) is 1.66. The summed E-state index contributed by atoms with van der Waals surface area (Å²) in [4.78, 5) is 0. The molecule has 2 bridgehead atoms. The number of allylic oxidation sites excluding steroid dienone is 2. The summed E-state index contributed by atoms with van der Waals surface area (Å²) in [6.45, 7) is 0. The van der Waals surface area contributed by atoms with Crippen LogP contribution in [-0.2, 0) is 6.42 Å². The topological polar surface area (TPSA) is 9.23 Å². The second-order valence-corrected chi connectivity index (χ2v) is 4.26. The Labute approximate surface area is 84.4 Å². The number of hydrogen-bond donors (Lipinski definition) is 0. The molecule has 1 nitrogen and oxygen atoms in total. The molecular weight excluding hydrogens is 172 g/mol. The molecule has 0 radical (unpaired) electrons. The van der Waals surface area contributed by atoms with Crippen molar-refractivity contribution in [3.05, 3.63) is 41.5 Å². The first-order chi connectivity index (χ1) is 6.86. The average Bonchev–Trinajstić information content (AvgIpc) is 2.61. The molecule has 1 aromatic carbocycles. The number of benzene rings is 1. The van der Waals surface area contributed by atoms with Crippen LogP contribution in [0.2, 0.25) is 0 Å². The van der Waals surface area contributed by atoms with Crippen molar-refractivity contribution in [1.29, 1.82) is 0 Å². The molecule has 2 unspecified atom stereocenters. The van der Waals surface area contributed by atoms with Crippen molar-refractivity contribution in [2.75, 3.05) is 7.11 Å². The molecule has 0 fully saturated rings. The zero-order valence-electron chi connectivity index (χ0n) is 8.36. The molecule has 0 saturated heterocycles. The maximum Gasteiger partial charge on any atom is 0.119 e. The van der Waals surface area contributed by atoms with Crippen LogP contribution in [0.4, 0.5) is 0 Å². The van der Waals surface area contributed by atoms with E-state index in [4.69, 9.17) is 4.74 Å². The van der Waals surface area contributed by atoms with E-state index < -0.39 is 0 Å². The van der Waals surface area contributed by atoms with Gasteiger partial charge in [-0.25, -0.2) is 0 Å². The van der Waals surface area contributed by atoms with Gasteiger partial charge in [-0.2, -0.15) is 0 Å². The normalized spacial score (nSPS) is 27.5. The monoisotopic (exact) mass is 186 g/mol. The van der Waals surface area contributed by atoms with Crippen LogP contribution in [0.1, 0.15) is 23.5 Å². The Morgan fingerprint density at radius 1 is 1.29 bits per heavy atom. The SMILES string of the molecule is COc1ccc2c(c1)C1C=CC(C2)C1. The lowest BCUT2D eigenvalue weighted by Gasteiger charge is -2.23. The molecule has 14 heavy (non-hydrogen) atoms. The summed E-state index contributed by atoms with van der Waals surface area (Å²) in [5.74, 6) is 2.43. The van der Waals surface area contributed by atoms with Crippen molar-refractivity contribution in [2.24, 2.45) is 5.92 Å². The van der Waals surface area contributed by atoms with Gasteiger partial charge in [-0.1, -0.05) is 18.2 Å². The van der Waals surface area contributed by atoms with Crippen LogP contribution in [0, 0.1) is 5.92 Å². The Bertz CT molecular complexity index is 392. The Balaban J connectivity index is 2.09. The minimum Gasteiger partial charge on any atom is -0.497 e. The fourth-order valence-electron chi connectivity index (χ4n) is 2.67. The summed E-state index contributed by atoms with van der Waals surface area (Å²) >= 11 is 0. The molecule has 1 heteroatoms. The quantitative estimate of drug-likeness (QED) is 0.613. The molecule has 0 saturated carbocycles. The van der Waals surface area contributed by atoms with E-state index in [0.717, 1.165) is 11.7 Å². The number of methoxy groups -OCH3 is 1. The highest BCUT2D eigenvalue weighted by Crippen LogP contribution is 2.42. The van der Waals surface area contributed by atoms with Crippen LogP contribution in [0.25, 0.3) is 0 Å². The van der Waals surface area contributed by atoms with E-state index in [2.05, 4.69) is 30.4 Å². The van der Waals surface area contributed by atoms with E-state index in [1.165, 1.54) is 24.0 Å². The lowest BCUT2D eigenvalue weighted by molar-refractivity contribution is 0.412. The molecule has 2 aliphatic carbocycles. The minimum absolute atomic E-state index is 0.652. The summed E-state index contributed by atoms with van der Waals surface area (Å²) in [6, 6.07) is 6.50. The van der Waals surface area contributed by atoms with Gasteiger partial charge >= 0.3 is 0 Å². The fraction of sp³-hybridized carbons (Fsp3) is 0.385. The first-order valence-electron chi connectivity index (χ1n) is 5.22. The van der Waals surface area contributed by atoms with Crippen molar-refractivity contribution in [3.8, 4) is 5.75 Å². The molecule has 2 atom stereocenters. The van der Waals surface area contributed by atoms with Gasteiger partial charge in [0.05, 0.1) is 7.11 Å². The molecule has 0 heterocycles. The maximum atomic E-state index is 5.26. The number of hydrogen-bond acceptors (Lipinski definition) is 1. The Morgan fingerprint density at radius 3 is 3.07 bits per heavy atom. The number of fused-ring (bicyclic) bond motifs is 4. The second-order valence-electron chi connectivity index (χ2n) is 4.26. The second kappa shape index (κ2) is 2.88. The Morgan fingerprint density at radius 2 is 2.21 bits per heavy atom. The third-order valence-electron chi connectivity index (χ3n) is 3.41. The molecular formula is C13H14O. The average molecular weight is 186 g/mol. The van der Waals surface area contributed by atoms with Crippen LogP contribution in [-0.4, -0.2) is 7.11 Å². The molecule has 0 spiro atoms. The summed E-state index contributed by atoms with van der Waals surface area (Å²) < 4.78 is 5.26. The first kappa shape index (κ1) is 8.10. The van der Waals surface area contributed by atoms with Crippen molar-refractivity contribution in [1.82, 2.24) is 0 Å². The summed E-state index contributed by atoms with van der Waals surface area (Å²) in [5, 5.41) is 0. The standard InChI is InChI=1S/C13H14O/c1-14-12-5-4-11-7-9-2-3-10(6-9)13(11)8-12/h2-5,8-10H,6-7H2,1H3. The first-order valence-corrected chi connectivity index (χ1v) is 5.22. The van der Waals surface area contributed by atoms with Gasteiger partial charge in [0.15, 0.2) is 0 Å². The van der Waals surface area contributed by atoms with Crippen molar-refractivity contribution < 1.29 is 4.74 Å². The van der Waals surface area contributed by atoms with Gasteiger partial charge in [-0.15, -0.1) is 0 Å². The highest BCUT2D eigenvalue weighted by molar-refractivity contribution is 5.44. The largest absolute Gasteiger partial charge is 0.497 e. The van der Waals surface area contributed by atoms with Gasteiger partial charge in [0.1, 0.15) is 5.75 Å². The third-order valence-corrected chi connectivity index (χ3v) is 3.41. The third kappa shape index (κ3) is 1.08. The zero-order chi connectivity index (χ0) is 9.54. The lowest BCUT2D eigenvalue weighted by Crippen LogP contribution is -2.11. The van der Waals surface area contributed by atoms with Gasteiger partial charge in [-0.3, -0.25) is 0 Å². The van der Waals surface area contributed by atoms with Crippen molar-refractivity contribution in [3.63, 3.8) is 0 Å². The maximum absolute atomic E-state index is 5.26. The molecule has 0 aromatic heterocycles. The number of rotatable bonds is 1. The predicted octanol–water partition coefficient (Wildman–Crippen LogP) is 2.91. The van der Waals surface area contributed by atoms with Crippen LogP contribution >= 0.6 is 0 Å². The van der Waals surface area contributed by atoms with Crippen LogP contribution in [0.15, 0.2) is 30.4 Å². The van der Waals surface area contributed by atoms with Gasteiger partial charge < -0.3 is 4.74 Å². The summed E-state index contributed by atoms with van der Waals surface area (Å²) in [5.41, 5.74) is 2.99. The van der Waals surface area contributed by atoms with Gasteiger partial charge in [-0.05, 0) is 42.0 Å². The van der Waals surface area contributed by atoms with Gasteiger partial charge in [0, 0.05) is 5.92 Å².